The van der Waals surface area contributed by atoms with Crippen LogP contribution in [0, 0.1) is 18.8 Å². The molecule has 3 aromatic rings. The van der Waals surface area contributed by atoms with Gasteiger partial charge in [0.25, 0.3) is 0 Å². The lowest BCUT2D eigenvalue weighted by molar-refractivity contribution is 0.0697. The maximum atomic E-state index is 13.0. The minimum Gasteiger partial charge on any atom is -0.478 e. The van der Waals surface area contributed by atoms with E-state index in [0.717, 1.165) is 16.8 Å². The number of nitrogens with one attached hydrogen (secondary N) is 3. The SMILES string of the molecule is Cc1ccc(NC(=O)Nc2cc(-c3ccccc3C(=O)O)ccc2NC(C(C)C)C2CCCC2)cc1. The molecular formula is C30H35N3O3. The summed E-state index contributed by atoms with van der Waals surface area (Å²) in [7, 11) is 0. The third kappa shape index (κ3) is 6.06. The largest absolute Gasteiger partial charge is 0.478 e. The van der Waals surface area contributed by atoms with Crippen molar-refractivity contribution in [1.29, 1.82) is 0 Å². The van der Waals surface area contributed by atoms with Crippen molar-refractivity contribution >= 4 is 29.1 Å². The van der Waals surface area contributed by atoms with E-state index >= 15 is 0 Å². The topological polar surface area (TPSA) is 90.5 Å². The zero-order chi connectivity index (χ0) is 25.7. The normalized spacial score (nSPS) is 14.4. The minimum atomic E-state index is -0.986. The van der Waals surface area contributed by atoms with Gasteiger partial charge in [0.2, 0.25) is 0 Å². The summed E-state index contributed by atoms with van der Waals surface area (Å²) < 4.78 is 0. The number of benzene rings is 3. The zero-order valence-electron chi connectivity index (χ0n) is 21.2. The predicted molar refractivity (Wildman–Crippen MR) is 147 cm³/mol. The van der Waals surface area contributed by atoms with E-state index in [1.807, 2.05) is 55.5 Å². The lowest BCUT2D eigenvalue weighted by Gasteiger charge is -2.30. The average molecular weight is 486 g/mol. The maximum Gasteiger partial charge on any atom is 0.336 e. The van der Waals surface area contributed by atoms with Crippen molar-refractivity contribution < 1.29 is 14.7 Å². The fourth-order valence-corrected chi connectivity index (χ4v) is 5.11. The first-order chi connectivity index (χ1) is 17.3. The van der Waals surface area contributed by atoms with Crippen molar-refractivity contribution in [3.63, 3.8) is 0 Å². The second kappa shape index (κ2) is 11.3. The van der Waals surface area contributed by atoms with Crippen LogP contribution in [0.25, 0.3) is 11.1 Å². The van der Waals surface area contributed by atoms with Gasteiger partial charge in [-0.15, -0.1) is 0 Å². The Morgan fingerprint density at radius 2 is 1.58 bits per heavy atom. The van der Waals surface area contributed by atoms with Gasteiger partial charge in [-0.1, -0.05) is 68.7 Å². The third-order valence-electron chi connectivity index (χ3n) is 6.99. The Bertz CT molecular complexity index is 1210. The molecule has 0 aromatic heterocycles. The molecule has 0 bridgehead atoms. The first-order valence-electron chi connectivity index (χ1n) is 12.7. The summed E-state index contributed by atoms with van der Waals surface area (Å²) in [6, 6.07) is 20.2. The number of rotatable bonds is 8. The van der Waals surface area contributed by atoms with Crippen LogP contribution < -0.4 is 16.0 Å². The third-order valence-corrected chi connectivity index (χ3v) is 6.99. The molecule has 1 aliphatic carbocycles. The van der Waals surface area contributed by atoms with Crippen molar-refractivity contribution in [2.45, 2.75) is 52.5 Å². The van der Waals surface area contributed by atoms with Crippen molar-refractivity contribution in [2.75, 3.05) is 16.0 Å². The summed E-state index contributed by atoms with van der Waals surface area (Å²) in [5, 5.41) is 19.3. The first-order valence-corrected chi connectivity index (χ1v) is 12.7. The Kier molecular flexibility index (Phi) is 7.93. The quantitative estimate of drug-likeness (QED) is 0.264. The molecule has 0 aliphatic heterocycles. The van der Waals surface area contributed by atoms with E-state index in [1.54, 1.807) is 18.2 Å². The van der Waals surface area contributed by atoms with Crippen LogP contribution in [0.5, 0.6) is 0 Å². The molecule has 1 atom stereocenters. The summed E-state index contributed by atoms with van der Waals surface area (Å²) in [5.41, 5.74) is 4.81. The van der Waals surface area contributed by atoms with E-state index in [2.05, 4.69) is 29.8 Å². The van der Waals surface area contributed by atoms with Crippen LogP contribution in [0.4, 0.5) is 21.9 Å². The molecule has 4 N–H and O–H groups in total. The Hall–Kier alpha value is -3.80. The maximum absolute atomic E-state index is 13.0. The highest BCUT2D eigenvalue weighted by molar-refractivity contribution is 6.03. The molecule has 0 saturated heterocycles. The van der Waals surface area contributed by atoms with Gasteiger partial charge in [0.1, 0.15) is 0 Å². The van der Waals surface area contributed by atoms with Gasteiger partial charge in [-0.2, -0.15) is 0 Å². The van der Waals surface area contributed by atoms with Crippen LogP contribution in [0.3, 0.4) is 0 Å². The molecule has 1 unspecified atom stereocenters. The minimum absolute atomic E-state index is 0.222. The van der Waals surface area contributed by atoms with Gasteiger partial charge in [-0.25, -0.2) is 9.59 Å². The van der Waals surface area contributed by atoms with E-state index in [-0.39, 0.29) is 17.6 Å². The summed E-state index contributed by atoms with van der Waals surface area (Å²) in [6.07, 6.45) is 4.92. The fraction of sp³-hybridized carbons (Fsp3) is 0.333. The van der Waals surface area contributed by atoms with Gasteiger partial charge in [0.05, 0.1) is 16.9 Å². The Morgan fingerprint density at radius 3 is 2.25 bits per heavy atom. The summed E-state index contributed by atoms with van der Waals surface area (Å²) in [6.45, 7) is 6.45. The average Bonchev–Trinajstić information content (AvgIpc) is 3.39. The summed E-state index contributed by atoms with van der Waals surface area (Å²) >= 11 is 0. The lowest BCUT2D eigenvalue weighted by atomic mass is 9.88. The van der Waals surface area contributed by atoms with Crippen LogP contribution >= 0.6 is 0 Å². The van der Waals surface area contributed by atoms with E-state index in [9.17, 15) is 14.7 Å². The zero-order valence-corrected chi connectivity index (χ0v) is 21.2. The van der Waals surface area contributed by atoms with E-state index in [1.165, 1.54) is 25.7 Å². The summed E-state index contributed by atoms with van der Waals surface area (Å²) in [5.74, 6) is 0.0296. The highest BCUT2D eigenvalue weighted by atomic mass is 16.4. The number of carboxylic acids is 1. The Morgan fingerprint density at radius 1 is 0.889 bits per heavy atom. The number of carboxylic acid groups (broad SMARTS) is 1. The monoisotopic (exact) mass is 485 g/mol. The van der Waals surface area contributed by atoms with E-state index in [4.69, 9.17) is 0 Å². The predicted octanol–water partition coefficient (Wildman–Crippen LogP) is 7.63. The molecule has 0 spiro atoms. The van der Waals surface area contributed by atoms with Crippen LogP contribution in [-0.2, 0) is 0 Å². The number of hydrogen-bond donors (Lipinski definition) is 4. The molecule has 0 heterocycles. The van der Waals surface area contributed by atoms with Crippen molar-refractivity contribution in [1.82, 2.24) is 0 Å². The molecule has 0 radical (unpaired) electrons. The van der Waals surface area contributed by atoms with Gasteiger partial charge in [-0.3, -0.25) is 0 Å². The van der Waals surface area contributed by atoms with Gasteiger partial charge in [-0.05, 0) is 73.1 Å². The second-order valence-electron chi connectivity index (χ2n) is 10.0. The van der Waals surface area contributed by atoms with Crippen LogP contribution in [-0.4, -0.2) is 23.1 Å². The number of anilines is 3. The number of urea groups is 1. The molecule has 2 amide bonds. The van der Waals surface area contributed by atoms with E-state index in [0.29, 0.717) is 28.8 Å². The molecule has 6 nitrogen and oxygen atoms in total. The van der Waals surface area contributed by atoms with E-state index < -0.39 is 5.97 Å². The molecule has 3 aromatic carbocycles. The highest BCUT2D eigenvalue weighted by Gasteiger charge is 2.28. The molecule has 188 valence electrons. The molecule has 1 fully saturated rings. The molecule has 4 rings (SSSR count). The molecule has 1 saturated carbocycles. The number of carbonyl (C=O) groups is 2. The van der Waals surface area contributed by atoms with Crippen molar-refractivity contribution in [2.24, 2.45) is 11.8 Å². The van der Waals surface area contributed by atoms with Gasteiger partial charge >= 0.3 is 12.0 Å². The van der Waals surface area contributed by atoms with Crippen LogP contribution in [0.1, 0.15) is 55.5 Å². The molecular weight excluding hydrogens is 450 g/mol. The fourth-order valence-electron chi connectivity index (χ4n) is 5.11. The first kappa shape index (κ1) is 25.3. The molecule has 36 heavy (non-hydrogen) atoms. The molecule has 6 heteroatoms. The number of amides is 2. The van der Waals surface area contributed by atoms with Gasteiger partial charge in [0.15, 0.2) is 0 Å². The smallest absolute Gasteiger partial charge is 0.336 e. The Labute approximate surface area is 213 Å². The number of carbonyl (C=O) groups excluding carboxylic acids is 1. The Balaban J connectivity index is 1.67. The van der Waals surface area contributed by atoms with Gasteiger partial charge < -0.3 is 21.1 Å². The number of aromatic carboxylic acids is 1. The standard InChI is InChI=1S/C30H35N3O3/c1-19(2)28(21-8-4-5-9-21)32-26-17-14-22(24-10-6-7-11-25(24)29(34)35)18-27(26)33-30(36)31-23-15-12-20(3)13-16-23/h6-7,10-19,21,28,32H,4-5,8-9H2,1-3H3,(H,34,35)(H2,31,33,36). The van der Waals surface area contributed by atoms with Crippen molar-refractivity contribution in [3.8, 4) is 11.1 Å². The van der Waals surface area contributed by atoms with Crippen LogP contribution in [0.2, 0.25) is 0 Å². The van der Waals surface area contributed by atoms with Gasteiger partial charge in [0, 0.05) is 11.7 Å². The van der Waals surface area contributed by atoms with Crippen molar-refractivity contribution in [3.05, 3.63) is 77.9 Å². The number of aryl methyl sites for hydroxylation is 1. The highest BCUT2D eigenvalue weighted by Crippen LogP contribution is 2.36. The van der Waals surface area contributed by atoms with Crippen LogP contribution in [0.15, 0.2) is 66.7 Å². The summed E-state index contributed by atoms with van der Waals surface area (Å²) in [4.78, 5) is 24.8. The molecule has 1 aliphatic rings. The second-order valence-corrected chi connectivity index (χ2v) is 10.0. The lowest BCUT2D eigenvalue weighted by Crippen LogP contribution is -2.33. The number of hydrogen-bond acceptors (Lipinski definition) is 3.